The van der Waals surface area contributed by atoms with Crippen molar-refractivity contribution in [3.63, 3.8) is 0 Å². The van der Waals surface area contributed by atoms with E-state index in [-0.39, 0.29) is 0 Å². The number of nitrogens with zero attached hydrogens (tertiary/aromatic N) is 2. The molecule has 0 saturated heterocycles. The van der Waals surface area contributed by atoms with Crippen LogP contribution in [0.4, 0.5) is 11.4 Å². The Morgan fingerprint density at radius 1 is 1.11 bits per heavy atom. The average molecular weight is 266 g/mol. The van der Waals surface area contributed by atoms with Gasteiger partial charge in [-0.25, -0.2) is 4.99 Å². The lowest BCUT2D eigenvalue weighted by atomic mass is 10.0. The molecule has 19 heavy (non-hydrogen) atoms. The second-order valence-corrected chi connectivity index (χ2v) is 6.18. The van der Waals surface area contributed by atoms with E-state index in [1.807, 2.05) is 11.8 Å². The van der Waals surface area contributed by atoms with E-state index in [1.54, 1.807) is 0 Å². The number of thioether (sulfide) groups is 1. The van der Waals surface area contributed by atoms with Gasteiger partial charge in [0.1, 0.15) is 5.84 Å². The van der Waals surface area contributed by atoms with E-state index in [9.17, 15) is 0 Å². The SMILES string of the molecule is CN1C2=Nc3ccccc3CC2Sc2ccccc21. The van der Waals surface area contributed by atoms with Crippen LogP contribution in [0.15, 0.2) is 58.4 Å². The lowest BCUT2D eigenvalue weighted by molar-refractivity contribution is 0.971. The van der Waals surface area contributed by atoms with Crippen molar-refractivity contribution < 1.29 is 0 Å². The number of benzene rings is 2. The Balaban J connectivity index is 1.85. The third-order valence-corrected chi connectivity index (χ3v) is 5.02. The normalized spacial score (nSPS) is 20.2. The number of para-hydroxylation sites is 2. The summed E-state index contributed by atoms with van der Waals surface area (Å²) in [5.74, 6) is 1.18. The predicted octanol–water partition coefficient (Wildman–Crippen LogP) is 3.88. The fourth-order valence-electron chi connectivity index (χ4n) is 2.77. The van der Waals surface area contributed by atoms with Gasteiger partial charge < -0.3 is 4.90 Å². The fraction of sp³-hybridized carbons (Fsp3) is 0.188. The zero-order valence-electron chi connectivity index (χ0n) is 10.7. The van der Waals surface area contributed by atoms with Crippen LogP contribution in [0.5, 0.6) is 0 Å². The standard InChI is InChI=1S/C16H14N2S/c1-18-13-8-4-5-9-14(13)19-15-10-11-6-2-3-7-12(11)17-16(15)18/h2-9,15H,10H2,1H3. The topological polar surface area (TPSA) is 15.6 Å². The van der Waals surface area contributed by atoms with E-state index in [0.717, 1.165) is 12.1 Å². The number of hydrogen-bond acceptors (Lipinski definition) is 3. The number of fused-ring (bicyclic) bond motifs is 3. The van der Waals surface area contributed by atoms with E-state index in [2.05, 4.69) is 60.5 Å². The monoisotopic (exact) mass is 266 g/mol. The molecular weight excluding hydrogens is 252 g/mol. The molecule has 0 radical (unpaired) electrons. The molecule has 3 heteroatoms. The summed E-state index contributed by atoms with van der Waals surface area (Å²) in [5.41, 5.74) is 3.75. The molecule has 1 unspecified atom stereocenters. The second kappa shape index (κ2) is 4.14. The first kappa shape index (κ1) is 11.1. The van der Waals surface area contributed by atoms with Crippen LogP contribution in [-0.4, -0.2) is 18.1 Å². The molecule has 2 aliphatic heterocycles. The summed E-state index contributed by atoms with van der Waals surface area (Å²) < 4.78 is 0. The summed E-state index contributed by atoms with van der Waals surface area (Å²) in [4.78, 5) is 8.47. The van der Waals surface area contributed by atoms with Crippen molar-refractivity contribution in [2.24, 2.45) is 4.99 Å². The van der Waals surface area contributed by atoms with Crippen molar-refractivity contribution in [3.05, 3.63) is 54.1 Å². The summed E-state index contributed by atoms with van der Waals surface area (Å²) in [7, 11) is 2.12. The highest BCUT2D eigenvalue weighted by Crippen LogP contribution is 2.43. The van der Waals surface area contributed by atoms with Crippen LogP contribution >= 0.6 is 11.8 Å². The summed E-state index contributed by atoms with van der Waals surface area (Å²) in [5, 5.41) is 0.440. The first-order chi connectivity index (χ1) is 9.33. The number of hydrogen-bond donors (Lipinski definition) is 0. The maximum atomic E-state index is 4.87. The summed E-state index contributed by atoms with van der Waals surface area (Å²) in [6.07, 6.45) is 1.07. The van der Waals surface area contributed by atoms with Gasteiger partial charge >= 0.3 is 0 Å². The number of amidine groups is 1. The molecule has 0 amide bonds. The highest BCUT2D eigenvalue weighted by molar-refractivity contribution is 8.01. The summed E-state index contributed by atoms with van der Waals surface area (Å²) in [6.45, 7) is 0. The molecule has 1 atom stereocenters. The number of rotatable bonds is 0. The molecule has 2 aromatic rings. The Morgan fingerprint density at radius 2 is 1.89 bits per heavy atom. The molecule has 0 saturated carbocycles. The molecule has 2 aliphatic rings. The van der Waals surface area contributed by atoms with Gasteiger partial charge in [0.2, 0.25) is 0 Å². The Hall–Kier alpha value is -1.74. The third kappa shape index (κ3) is 1.69. The summed E-state index contributed by atoms with van der Waals surface area (Å²) >= 11 is 1.94. The van der Waals surface area contributed by atoms with Gasteiger partial charge in [0.15, 0.2) is 0 Å². The molecular formula is C16H14N2S. The van der Waals surface area contributed by atoms with Crippen molar-refractivity contribution >= 4 is 29.0 Å². The predicted molar refractivity (Wildman–Crippen MR) is 81.7 cm³/mol. The Labute approximate surface area is 117 Å². The summed E-state index contributed by atoms with van der Waals surface area (Å²) in [6, 6.07) is 17.0. The molecule has 0 fully saturated rings. The van der Waals surface area contributed by atoms with Gasteiger partial charge in [-0.05, 0) is 30.2 Å². The van der Waals surface area contributed by atoms with Gasteiger partial charge in [-0.3, -0.25) is 0 Å². The van der Waals surface area contributed by atoms with Crippen molar-refractivity contribution in [1.29, 1.82) is 0 Å². The van der Waals surface area contributed by atoms with Gasteiger partial charge in [-0.2, -0.15) is 0 Å². The molecule has 0 aromatic heterocycles. The van der Waals surface area contributed by atoms with Gasteiger partial charge in [-0.15, -0.1) is 11.8 Å². The van der Waals surface area contributed by atoms with Gasteiger partial charge in [0, 0.05) is 11.9 Å². The second-order valence-electron chi connectivity index (χ2n) is 4.94. The number of aliphatic imine (C=N–C) groups is 1. The van der Waals surface area contributed by atoms with E-state index >= 15 is 0 Å². The lowest BCUT2D eigenvalue weighted by Crippen LogP contribution is -2.40. The highest BCUT2D eigenvalue weighted by atomic mass is 32.2. The molecule has 2 heterocycles. The smallest absolute Gasteiger partial charge is 0.123 e. The minimum Gasteiger partial charge on any atom is -0.331 e. The molecule has 2 nitrogen and oxygen atoms in total. The zero-order valence-corrected chi connectivity index (χ0v) is 11.5. The largest absolute Gasteiger partial charge is 0.331 e. The van der Waals surface area contributed by atoms with Crippen LogP contribution in [0.1, 0.15) is 5.56 Å². The quantitative estimate of drug-likeness (QED) is 0.719. The minimum atomic E-state index is 0.440. The van der Waals surface area contributed by atoms with E-state index in [4.69, 9.17) is 4.99 Å². The maximum Gasteiger partial charge on any atom is 0.123 e. The third-order valence-electron chi connectivity index (χ3n) is 3.76. The van der Waals surface area contributed by atoms with Crippen LogP contribution in [0, 0.1) is 0 Å². The molecule has 0 aliphatic carbocycles. The Kier molecular flexibility index (Phi) is 2.42. The highest BCUT2D eigenvalue weighted by Gasteiger charge is 2.32. The van der Waals surface area contributed by atoms with Crippen molar-refractivity contribution in [2.75, 3.05) is 11.9 Å². The van der Waals surface area contributed by atoms with E-state index in [0.29, 0.717) is 5.25 Å². The van der Waals surface area contributed by atoms with Crippen LogP contribution < -0.4 is 4.90 Å². The molecule has 4 rings (SSSR count). The van der Waals surface area contributed by atoms with Crippen molar-refractivity contribution in [1.82, 2.24) is 0 Å². The first-order valence-electron chi connectivity index (χ1n) is 6.49. The Bertz CT molecular complexity index is 678. The Morgan fingerprint density at radius 3 is 2.84 bits per heavy atom. The molecule has 0 spiro atoms. The average Bonchev–Trinajstić information content (AvgIpc) is 2.46. The van der Waals surface area contributed by atoms with Crippen LogP contribution in [0.2, 0.25) is 0 Å². The van der Waals surface area contributed by atoms with Crippen molar-refractivity contribution in [3.8, 4) is 0 Å². The van der Waals surface area contributed by atoms with E-state index < -0.39 is 0 Å². The van der Waals surface area contributed by atoms with Crippen LogP contribution in [-0.2, 0) is 6.42 Å². The maximum absolute atomic E-state index is 4.87. The van der Waals surface area contributed by atoms with Crippen LogP contribution in [0.25, 0.3) is 0 Å². The lowest BCUT2D eigenvalue weighted by Gasteiger charge is -2.36. The van der Waals surface area contributed by atoms with Gasteiger partial charge in [0.25, 0.3) is 0 Å². The van der Waals surface area contributed by atoms with Gasteiger partial charge in [0.05, 0.1) is 16.6 Å². The van der Waals surface area contributed by atoms with Crippen LogP contribution in [0.3, 0.4) is 0 Å². The fourth-order valence-corrected chi connectivity index (χ4v) is 4.14. The molecule has 0 bridgehead atoms. The van der Waals surface area contributed by atoms with E-state index in [1.165, 1.54) is 22.0 Å². The zero-order chi connectivity index (χ0) is 12.8. The van der Waals surface area contributed by atoms with Crippen molar-refractivity contribution in [2.45, 2.75) is 16.6 Å². The molecule has 2 aromatic carbocycles. The molecule has 94 valence electrons. The first-order valence-corrected chi connectivity index (χ1v) is 7.37. The van der Waals surface area contributed by atoms with Gasteiger partial charge in [-0.1, -0.05) is 30.3 Å². The minimum absolute atomic E-state index is 0.440. The number of anilines is 1. The molecule has 0 N–H and O–H groups in total.